The number of rotatable bonds is 6. The zero-order valence-electron chi connectivity index (χ0n) is 13.8. The lowest BCUT2D eigenvalue weighted by Crippen LogP contribution is -2.36. The van der Waals surface area contributed by atoms with Crippen LogP contribution >= 0.6 is 0 Å². The van der Waals surface area contributed by atoms with Gasteiger partial charge in [0, 0.05) is 12.2 Å². The predicted molar refractivity (Wildman–Crippen MR) is 89.3 cm³/mol. The smallest absolute Gasteiger partial charge is 0.237 e. The molecule has 0 fully saturated rings. The first-order valence-corrected chi connectivity index (χ1v) is 9.04. The first-order chi connectivity index (χ1) is 10.7. The van der Waals surface area contributed by atoms with Gasteiger partial charge in [-0.3, -0.25) is 8.99 Å². The number of hydrogen-bond donors (Lipinski definition) is 0. The van der Waals surface area contributed by atoms with Gasteiger partial charge in [-0.1, -0.05) is 12.1 Å². The summed E-state index contributed by atoms with van der Waals surface area (Å²) < 4.78 is 42.3. The van der Waals surface area contributed by atoms with Crippen LogP contribution in [0.25, 0.3) is 0 Å². The molecule has 2 aromatic rings. The Morgan fingerprint density at radius 1 is 1.17 bits per heavy atom. The highest BCUT2D eigenvalue weighted by Gasteiger charge is 2.28. The van der Waals surface area contributed by atoms with Crippen molar-refractivity contribution in [1.82, 2.24) is 9.78 Å². The quantitative estimate of drug-likeness (QED) is 0.811. The molecule has 126 valence electrons. The van der Waals surface area contributed by atoms with E-state index in [-0.39, 0.29) is 18.3 Å². The minimum Gasteiger partial charge on any atom is -0.270 e. The van der Waals surface area contributed by atoms with Crippen molar-refractivity contribution in [3.63, 3.8) is 0 Å². The van der Waals surface area contributed by atoms with E-state index in [1.807, 2.05) is 13.8 Å². The lowest BCUT2D eigenvalue weighted by atomic mass is 10.3. The molecule has 7 heteroatoms. The molecule has 0 aliphatic carbocycles. The van der Waals surface area contributed by atoms with E-state index in [2.05, 4.69) is 5.10 Å². The summed E-state index contributed by atoms with van der Waals surface area (Å²) in [5.41, 5.74) is 0.617. The molecule has 0 aliphatic rings. The number of benzene rings is 1. The van der Waals surface area contributed by atoms with Gasteiger partial charge in [-0.2, -0.15) is 5.10 Å². The van der Waals surface area contributed by atoms with Crippen LogP contribution in [0, 0.1) is 5.82 Å². The molecular weight excluding hydrogens is 317 g/mol. The first kappa shape index (κ1) is 17.5. The molecule has 0 aliphatic heterocycles. The van der Waals surface area contributed by atoms with Gasteiger partial charge in [-0.25, -0.2) is 12.8 Å². The second-order valence-electron chi connectivity index (χ2n) is 5.93. The van der Waals surface area contributed by atoms with Crippen LogP contribution in [0.1, 0.15) is 39.4 Å². The van der Waals surface area contributed by atoms with Crippen molar-refractivity contribution in [3.05, 3.63) is 48.0 Å². The van der Waals surface area contributed by atoms with E-state index in [0.717, 1.165) is 4.31 Å². The summed E-state index contributed by atoms with van der Waals surface area (Å²) in [6.45, 7) is 7.12. The second-order valence-corrected chi connectivity index (χ2v) is 8.35. The van der Waals surface area contributed by atoms with Crippen LogP contribution in [0.2, 0.25) is 0 Å². The minimum absolute atomic E-state index is 0.00116. The average molecular weight is 339 g/mol. The molecule has 0 amide bonds. The Hall–Kier alpha value is -1.89. The SMILES string of the molecule is CC(C)n1ccc(CN(c2ccccc2F)S(=O)(=O)C(C)C)n1. The molecule has 1 aromatic carbocycles. The van der Waals surface area contributed by atoms with Crippen LogP contribution in [-0.4, -0.2) is 23.4 Å². The maximum absolute atomic E-state index is 14.1. The zero-order chi connectivity index (χ0) is 17.2. The van der Waals surface area contributed by atoms with E-state index >= 15 is 0 Å². The van der Waals surface area contributed by atoms with Crippen LogP contribution in [0.3, 0.4) is 0 Å². The van der Waals surface area contributed by atoms with Gasteiger partial charge >= 0.3 is 0 Å². The number of aromatic nitrogens is 2. The normalized spacial score (nSPS) is 12.1. The largest absolute Gasteiger partial charge is 0.270 e. The van der Waals surface area contributed by atoms with Crippen molar-refractivity contribution in [2.45, 2.75) is 45.5 Å². The summed E-state index contributed by atoms with van der Waals surface area (Å²) in [6.07, 6.45) is 1.79. The van der Waals surface area contributed by atoms with Gasteiger partial charge in [-0.05, 0) is 45.9 Å². The van der Waals surface area contributed by atoms with Gasteiger partial charge in [0.05, 0.1) is 23.2 Å². The summed E-state index contributed by atoms with van der Waals surface area (Å²) in [7, 11) is -3.68. The maximum Gasteiger partial charge on any atom is 0.237 e. The molecule has 23 heavy (non-hydrogen) atoms. The molecule has 0 radical (unpaired) electrons. The third kappa shape index (κ3) is 3.72. The lowest BCUT2D eigenvalue weighted by molar-refractivity contribution is 0.525. The number of para-hydroxylation sites is 1. The molecule has 1 heterocycles. The van der Waals surface area contributed by atoms with Crippen molar-refractivity contribution in [3.8, 4) is 0 Å². The number of halogens is 1. The molecule has 0 bridgehead atoms. The summed E-state index contributed by atoms with van der Waals surface area (Å²) in [5.74, 6) is -0.569. The summed E-state index contributed by atoms with van der Waals surface area (Å²) in [5, 5.41) is 3.71. The van der Waals surface area contributed by atoms with Crippen LogP contribution < -0.4 is 4.31 Å². The summed E-state index contributed by atoms with van der Waals surface area (Å²) >= 11 is 0. The fourth-order valence-electron chi connectivity index (χ4n) is 2.12. The Morgan fingerprint density at radius 3 is 2.35 bits per heavy atom. The van der Waals surface area contributed by atoms with E-state index in [1.165, 1.54) is 18.2 Å². The number of hydrogen-bond acceptors (Lipinski definition) is 3. The Labute approximate surface area is 136 Å². The number of nitrogens with zero attached hydrogens (tertiary/aromatic N) is 3. The van der Waals surface area contributed by atoms with E-state index in [1.54, 1.807) is 36.9 Å². The standard InChI is InChI=1S/C16H22FN3O2S/c1-12(2)19-10-9-14(18-19)11-20(23(21,22)13(3)4)16-8-6-5-7-15(16)17/h5-10,12-13H,11H2,1-4H3. The minimum atomic E-state index is -3.68. The highest BCUT2D eigenvalue weighted by atomic mass is 32.2. The van der Waals surface area contributed by atoms with Gasteiger partial charge < -0.3 is 0 Å². The maximum atomic E-state index is 14.1. The topological polar surface area (TPSA) is 55.2 Å². The summed E-state index contributed by atoms with van der Waals surface area (Å²) in [4.78, 5) is 0. The average Bonchev–Trinajstić information content (AvgIpc) is 2.94. The molecule has 5 nitrogen and oxygen atoms in total. The molecule has 0 atom stereocenters. The third-order valence-corrected chi connectivity index (χ3v) is 5.65. The van der Waals surface area contributed by atoms with E-state index in [4.69, 9.17) is 0 Å². The number of sulfonamides is 1. The van der Waals surface area contributed by atoms with Crippen LogP contribution in [0.4, 0.5) is 10.1 Å². The molecule has 1 aromatic heterocycles. The molecular formula is C16H22FN3O2S. The Bertz CT molecular complexity index is 769. The fraction of sp³-hybridized carbons (Fsp3) is 0.438. The highest BCUT2D eigenvalue weighted by Crippen LogP contribution is 2.26. The molecule has 0 saturated carbocycles. The van der Waals surface area contributed by atoms with Crippen molar-refractivity contribution in [1.29, 1.82) is 0 Å². The van der Waals surface area contributed by atoms with E-state index in [9.17, 15) is 12.8 Å². The van der Waals surface area contributed by atoms with Gasteiger partial charge in [0.15, 0.2) is 0 Å². The monoisotopic (exact) mass is 339 g/mol. The highest BCUT2D eigenvalue weighted by molar-refractivity contribution is 7.93. The van der Waals surface area contributed by atoms with Crippen LogP contribution in [0.5, 0.6) is 0 Å². The molecule has 0 spiro atoms. The van der Waals surface area contributed by atoms with Crippen molar-refractivity contribution >= 4 is 15.7 Å². The van der Waals surface area contributed by atoms with Crippen molar-refractivity contribution < 1.29 is 12.8 Å². The van der Waals surface area contributed by atoms with Gasteiger partial charge in [0.25, 0.3) is 0 Å². The summed E-state index contributed by atoms with van der Waals surface area (Å²) in [6, 6.07) is 7.80. The van der Waals surface area contributed by atoms with Crippen LogP contribution in [0.15, 0.2) is 36.5 Å². The van der Waals surface area contributed by atoms with Crippen molar-refractivity contribution in [2.24, 2.45) is 0 Å². The Kier molecular flexibility index (Phi) is 5.09. The predicted octanol–water partition coefficient (Wildman–Crippen LogP) is 3.35. The number of anilines is 1. The Morgan fingerprint density at radius 2 is 1.83 bits per heavy atom. The van der Waals surface area contributed by atoms with E-state index in [0.29, 0.717) is 5.69 Å². The Balaban J connectivity index is 2.44. The molecule has 0 unspecified atom stereocenters. The third-order valence-electron chi connectivity index (χ3n) is 3.52. The zero-order valence-corrected chi connectivity index (χ0v) is 14.6. The van der Waals surface area contributed by atoms with Crippen molar-refractivity contribution in [2.75, 3.05) is 4.31 Å². The van der Waals surface area contributed by atoms with Gasteiger partial charge in [-0.15, -0.1) is 0 Å². The van der Waals surface area contributed by atoms with Crippen LogP contribution in [-0.2, 0) is 16.6 Å². The fourth-order valence-corrected chi connectivity index (χ4v) is 3.36. The van der Waals surface area contributed by atoms with Gasteiger partial charge in [0.1, 0.15) is 5.82 Å². The van der Waals surface area contributed by atoms with E-state index < -0.39 is 21.1 Å². The molecule has 0 saturated heterocycles. The molecule has 0 N–H and O–H groups in total. The first-order valence-electron chi connectivity index (χ1n) is 7.53. The second kappa shape index (κ2) is 6.70. The lowest BCUT2D eigenvalue weighted by Gasteiger charge is -2.26. The molecule has 2 rings (SSSR count). The van der Waals surface area contributed by atoms with Gasteiger partial charge in [0.2, 0.25) is 10.0 Å².